The molecule has 0 unspecified atom stereocenters. The third-order valence-corrected chi connectivity index (χ3v) is 7.05. The molecule has 3 N–H and O–H groups in total. The fraction of sp³-hybridized carbons (Fsp3) is 0.0606. The summed E-state index contributed by atoms with van der Waals surface area (Å²) in [7, 11) is 1.66. The number of carbonyl (C=O) groups is 1. The smallest absolute Gasteiger partial charge is 0.228 e. The summed E-state index contributed by atoms with van der Waals surface area (Å²) in [5.41, 5.74) is 8.79. The number of aromatic nitrogens is 6. The second-order valence-electron chi connectivity index (χ2n) is 9.86. The highest BCUT2D eigenvalue weighted by molar-refractivity contribution is 5.97. The SMILES string of the molecule is COc1cccc(-c2cccc3[nH]c(-c4n[nH]c5ccc(-c6cncc(NC(=O)Cc7ccccc7)c6)nc45)nc23)c1. The molecule has 0 fully saturated rings. The van der Waals surface area contributed by atoms with Gasteiger partial charge in [0.1, 0.15) is 11.3 Å². The van der Waals surface area contributed by atoms with Gasteiger partial charge in [-0.1, -0.05) is 54.6 Å². The Balaban J connectivity index is 1.21. The van der Waals surface area contributed by atoms with Crippen molar-refractivity contribution in [2.24, 2.45) is 0 Å². The molecule has 7 rings (SSSR count). The highest BCUT2D eigenvalue weighted by Gasteiger charge is 2.17. The lowest BCUT2D eigenvalue weighted by Crippen LogP contribution is -2.14. The first-order valence-corrected chi connectivity index (χ1v) is 13.4. The van der Waals surface area contributed by atoms with Crippen molar-refractivity contribution in [2.75, 3.05) is 12.4 Å². The number of ether oxygens (including phenoxy) is 1. The summed E-state index contributed by atoms with van der Waals surface area (Å²) in [6, 6.07) is 29.3. The van der Waals surface area contributed by atoms with E-state index in [4.69, 9.17) is 14.7 Å². The van der Waals surface area contributed by atoms with Crippen molar-refractivity contribution in [1.29, 1.82) is 0 Å². The first kappa shape index (κ1) is 25.2. The number of carbonyl (C=O) groups excluding carboxylic acids is 1. The van der Waals surface area contributed by atoms with Gasteiger partial charge < -0.3 is 15.0 Å². The molecule has 0 aliphatic rings. The molecule has 0 bridgehead atoms. The monoisotopic (exact) mass is 551 g/mol. The first-order valence-electron chi connectivity index (χ1n) is 13.4. The molecule has 204 valence electrons. The van der Waals surface area contributed by atoms with Gasteiger partial charge in [-0.3, -0.25) is 14.9 Å². The number of hydrogen-bond donors (Lipinski definition) is 3. The van der Waals surface area contributed by atoms with Crippen LogP contribution in [0.3, 0.4) is 0 Å². The number of H-pyrrole nitrogens is 2. The van der Waals surface area contributed by atoms with Gasteiger partial charge in [0.2, 0.25) is 5.91 Å². The van der Waals surface area contributed by atoms with Gasteiger partial charge in [-0.2, -0.15) is 5.10 Å². The van der Waals surface area contributed by atoms with E-state index in [9.17, 15) is 4.79 Å². The molecule has 7 aromatic rings. The van der Waals surface area contributed by atoms with Crippen LogP contribution in [-0.4, -0.2) is 43.2 Å². The van der Waals surface area contributed by atoms with E-state index in [1.165, 1.54) is 0 Å². The summed E-state index contributed by atoms with van der Waals surface area (Å²) >= 11 is 0. The fourth-order valence-electron chi connectivity index (χ4n) is 5.03. The molecule has 3 aromatic carbocycles. The number of pyridine rings is 2. The Morgan fingerprint density at radius 2 is 1.71 bits per heavy atom. The van der Waals surface area contributed by atoms with E-state index in [0.717, 1.165) is 44.6 Å². The molecule has 0 aliphatic heterocycles. The van der Waals surface area contributed by atoms with Gasteiger partial charge in [-0.15, -0.1) is 0 Å². The first-order chi connectivity index (χ1) is 20.6. The average molecular weight is 552 g/mol. The Hall–Kier alpha value is -5.83. The van der Waals surface area contributed by atoms with Crippen LogP contribution in [0.4, 0.5) is 5.69 Å². The molecule has 4 heterocycles. The summed E-state index contributed by atoms with van der Waals surface area (Å²) < 4.78 is 5.42. The zero-order chi connectivity index (χ0) is 28.5. The second-order valence-corrected chi connectivity index (χ2v) is 9.86. The summed E-state index contributed by atoms with van der Waals surface area (Å²) in [5.74, 6) is 1.28. The van der Waals surface area contributed by atoms with Crippen LogP contribution in [0.25, 0.3) is 56.0 Å². The summed E-state index contributed by atoms with van der Waals surface area (Å²) in [6.07, 6.45) is 3.63. The van der Waals surface area contributed by atoms with Crippen molar-refractivity contribution < 1.29 is 9.53 Å². The van der Waals surface area contributed by atoms with E-state index >= 15 is 0 Å². The normalized spacial score (nSPS) is 11.2. The maximum atomic E-state index is 12.6. The van der Waals surface area contributed by atoms with E-state index in [1.54, 1.807) is 19.5 Å². The van der Waals surface area contributed by atoms with Crippen molar-refractivity contribution in [2.45, 2.75) is 6.42 Å². The summed E-state index contributed by atoms with van der Waals surface area (Å²) in [6.45, 7) is 0. The van der Waals surface area contributed by atoms with Crippen LogP contribution in [0.2, 0.25) is 0 Å². The number of anilines is 1. The summed E-state index contributed by atoms with van der Waals surface area (Å²) in [4.78, 5) is 30.2. The molecule has 0 saturated heterocycles. The van der Waals surface area contributed by atoms with Gasteiger partial charge in [0, 0.05) is 17.3 Å². The van der Waals surface area contributed by atoms with Gasteiger partial charge in [0.25, 0.3) is 0 Å². The molecular weight excluding hydrogens is 526 g/mol. The van der Waals surface area contributed by atoms with Crippen LogP contribution in [-0.2, 0) is 11.2 Å². The molecular formula is C33H25N7O2. The van der Waals surface area contributed by atoms with Crippen LogP contribution in [0.15, 0.2) is 103 Å². The minimum atomic E-state index is -0.112. The number of fused-ring (bicyclic) bond motifs is 2. The molecule has 9 heteroatoms. The average Bonchev–Trinajstić information content (AvgIpc) is 3.65. The van der Waals surface area contributed by atoms with E-state index < -0.39 is 0 Å². The number of hydrogen-bond acceptors (Lipinski definition) is 6. The molecule has 4 aromatic heterocycles. The van der Waals surface area contributed by atoms with Crippen molar-refractivity contribution in [3.63, 3.8) is 0 Å². The van der Waals surface area contributed by atoms with E-state index in [0.29, 0.717) is 28.4 Å². The van der Waals surface area contributed by atoms with Crippen molar-refractivity contribution >= 4 is 33.7 Å². The summed E-state index contributed by atoms with van der Waals surface area (Å²) in [5, 5.41) is 10.6. The minimum absolute atomic E-state index is 0.112. The second kappa shape index (κ2) is 10.6. The minimum Gasteiger partial charge on any atom is -0.497 e. The number of para-hydroxylation sites is 1. The highest BCUT2D eigenvalue weighted by Crippen LogP contribution is 2.33. The van der Waals surface area contributed by atoms with Gasteiger partial charge in [-0.25, -0.2) is 9.97 Å². The van der Waals surface area contributed by atoms with Crippen LogP contribution in [0, 0.1) is 0 Å². The Bertz CT molecular complexity index is 2060. The molecule has 42 heavy (non-hydrogen) atoms. The predicted molar refractivity (Wildman–Crippen MR) is 163 cm³/mol. The molecule has 9 nitrogen and oxygen atoms in total. The standard InChI is InChI=1S/C33H25N7O2/c1-42-24-10-5-9-21(17-24)25-11-6-12-27-30(25)38-33(37-27)32-31-28(39-40-32)14-13-26(36-31)22-16-23(19-34-18-22)35-29(41)15-20-7-3-2-4-8-20/h2-14,16-19H,15H2,1H3,(H,35,41)(H,37,38)(H,39,40). The zero-order valence-corrected chi connectivity index (χ0v) is 22.6. The Labute approximate surface area is 240 Å². The molecule has 0 aliphatic carbocycles. The Morgan fingerprint density at radius 3 is 2.60 bits per heavy atom. The van der Waals surface area contributed by atoms with E-state index in [1.807, 2.05) is 91.0 Å². The number of nitrogens with zero attached hydrogens (tertiary/aromatic N) is 4. The number of rotatable bonds is 7. The van der Waals surface area contributed by atoms with Crippen LogP contribution >= 0.6 is 0 Å². The fourth-order valence-corrected chi connectivity index (χ4v) is 5.03. The number of benzene rings is 3. The molecule has 0 saturated carbocycles. The maximum absolute atomic E-state index is 12.6. The van der Waals surface area contributed by atoms with Crippen LogP contribution in [0.1, 0.15) is 5.56 Å². The van der Waals surface area contributed by atoms with Crippen molar-refractivity contribution in [3.05, 3.63) is 109 Å². The van der Waals surface area contributed by atoms with Crippen LogP contribution < -0.4 is 10.1 Å². The largest absolute Gasteiger partial charge is 0.497 e. The zero-order valence-electron chi connectivity index (χ0n) is 22.6. The number of nitrogens with one attached hydrogen (secondary N) is 3. The number of aromatic amines is 2. The highest BCUT2D eigenvalue weighted by atomic mass is 16.5. The maximum Gasteiger partial charge on any atom is 0.228 e. The lowest BCUT2D eigenvalue weighted by molar-refractivity contribution is -0.115. The third kappa shape index (κ3) is 4.84. The van der Waals surface area contributed by atoms with Crippen molar-refractivity contribution in [1.82, 2.24) is 30.1 Å². The predicted octanol–water partition coefficient (Wildman–Crippen LogP) is 6.42. The van der Waals surface area contributed by atoms with E-state index in [-0.39, 0.29) is 12.3 Å². The third-order valence-electron chi connectivity index (χ3n) is 7.05. The number of methoxy groups -OCH3 is 1. The van der Waals surface area contributed by atoms with Gasteiger partial charge in [0.15, 0.2) is 11.5 Å². The molecule has 0 atom stereocenters. The quantitative estimate of drug-likeness (QED) is 0.210. The van der Waals surface area contributed by atoms with Gasteiger partial charge >= 0.3 is 0 Å². The Kier molecular flexibility index (Phi) is 6.36. The molecule has 0 radical (unpaired) electrons. The lowest BCUT2D eigenvalue weighted by atomic mass is 10.0. The van der Waals surface area contributed by atoms with Crippen LogP contribution in [0.5, 0.6) is 5.75 Å². The number of imidazole rings is 1. The van der Waals surface area contributed by atoms with Crippen molar-refractivity contribution in [3.8, 4) is 39.7 Å². The molecule has 0 spiro atoms. The lowest BCUT2D eigenvalue weighted by Gasteiger charge is -2.07. The van der Waals surface area contributed by atoms with E-state index in [2.05, 4.69) is 25.5 Å². The molecule has 1 amide bonds. The van der Waals surface area contributed by atoms with Gasteiger partial charge in [0.05, 0.1) is 47.7 Å². The van der Waals surface area contributed by atoms with Gasteiger partial charge in [-0.05, 0) is 47.5 Å². The number of amides is 1. The Morgan fingerprint density at radius 1 is 0.833 bits per heavy atom. The topological polar surface area (TPSA) is 121 Å².